The number of ether oxygens (including phenoxy) is 1. The van der Waals surface area contributed by atoms with Crippen molar-refractivity contribution < 1.29 is 14.3 Å². The standard InChI is InChI=1S/C25H34N4O3/c1-5-24(30)26-19-12-13-21(20(18-19)25(31)27(6-2)7-3)28-14-16-29(17-15-28)22-10-8-9-11-23(22)32-4/h8-13,18H,5-7,14-17H2,1-4H3,(H,26,30). The van der Waals surface area contributed by atoms with Gasteiger partial charge in [0.25, 0.3) is 5.91 Å². The van der Waals surface area contributed by atoms with E-state index in [9.17, 15) is 9.59 Å². The minimum absolute atomic E-state index is 0.00949. The molecule has 0 radical (unpaired) electrons. The first kappa shape index (κ1) is 23.4. The van der Waals surface area contributed by atoms with Crippen molar-refractivity contribution in [2.75, 3.05) is 61.5 Å². The third-order valence-electron chi connectivity index (χ3n) is 5.93. The molecular formula is C25H34N4O3. The lowest BCUT2D eigenvalue weighted by atomic mass is 10.1. The van der Waals surface area contributed by atoms with E-state index >= 15 is 0 Å². The topological polar surface area (TPSA) is 65.1 Å². The van der Waals surface area contributed by atoms with E-state index in [1.165, 1.54) is 0 Å². The number of nitrogens with zero attached hydrogens (tertiary/aromatic N) is 3. The number of carbonyl (C=O) groups is 2. The van der Waals surface area contributed by atoms with Gasteiger partial charge in [0.1, 0.15) is 5.75 Å². The number of carbonyl (C=O) groups excluding carboxylic acids is 2. The van der Waals surface area contributed by atoms with E-state index in [1.807, 2.05) is 62.1 Å². The summed E-state index contributed by atoms with van der Waals surface area (Å²) >= 11 is 0. The number of rotatable bonds is 8. The molecule has 7 heteroatoms. The Labute approximate surface area is 190 Å². The van der Waals surface area contributed by atoms with E-state index in [2.05, 4.69) is 21.2 Å². The predicted molar refractivity (Wildman–Crippen MR) is 130 cm³/mol. The van der Waals surface area contributed by atoms with Gasteiger partial charge in [0.15, 0.2) is 0 Å². The van der Waals surface area contributed by atoms with Crippen LogP contribution >= 0.6 is 0 Å². The fourth-order valence-electron chi connectivity index (χ4n) is 4.07. The van der Waals surface area contributed by atoms with Crippen molar-refractivity contribution in [1.29, 1.82) is 0 Å². The summed E-state index contributed by atoms with van der Waals surface area (Å²) in [6.07, 6.45) is 0.395. The second kappa shape index (κ2) is 10.9. The second-order valence-electron chi connectivity index (χ2n) is 7.76. The highest BCUT2D eigenvalue weighted by atomic mass is 16.5. The summed E-state index contributed by atoms with van der Waals surface area (Å²) in [4.78, 5) is 31.6. The summed E-state index contributed by atoms with van der Waals surface area (Å²) in [5, 5.41) is 2.88. The highest BCUT2D eigenvalue weighted by Crippen LogP contribution is 2.31. The van der Waals surface area contributed by atoms with Crippen LogP contribution in [-0.2, 0) is 4.79 Å². The van der Waals surface area contributed by atoms with Crippen LogP contribution in [0.3, 0.4) is 0 Å². The molecule has 0 bridgehead atoms. The molecular weight excluding hydrogens is 404 g/mol. The van der Waals surface area contributed by atoms with Gasteiger partial charge < -0.3 is 24.8 Å². The van der Waals surface area contributed by atoms with Crippen LogP contribution in [-0.4, -0.2) is 63.1 Å². The fourth-order valence-corrected chi connectivity index (χ4v) is 4.07. The largest absolute Gasteiger partial charge is 0.495 e. The van der Waals surface area contributed by atoms with Gasteiger partial charge in [0.2, 0.25) is 5.91 Å². The quantitative estimate of drug-likeness (QED) is 0.678. The molecule has 0 atom stereocenters. The number of piperazine rings is 1. The lowest BCUT2D eigenvalue weighted by Crippen LogP contribution is -2.47. The molecule has 1 aliphatic rings. The van der Waals surface area contributed by atoms with E-state index in [-0.39, 0.29) is 11.8 Å². The molecule has 1 aliphatic heterocycles. The average Bonchev–Trinajstić information content (AvgIpc) is 2.84. The molecule has 7 nitrogen and oxygen atoms in total. The second-order valence-corrected chi connectivity index (χ2v) is 7.76. The highest BCUT2D eigenvalue weighted by Gasteiger charge is 2.25. The number of benzene rings is 2. The van der Waals surface area contributed by atoms with Crippen molar-refractivity contribution in [2.45, 2.75) is 27.2 Å². The van der Waals surface area contributed by atoms with Gasteiger partial charge in [0.05, 0.1) is 18.4 Å². The molecule has 1 heterocycles. The zero-order valence-electron chi connectivity index (χ0n) is 19.6. The molecule has 1 saturated heterocycles. The maximum Gasteiger partial charge on any atom is 0.256 e. The molecule has 0 aromatic heterocycles. The third-order valence-corrected chi connectivity index (χ3v) is 5.93. The lowest BCUT2D eigenvalue weighted by Gasteiger charge is -2.38. The van der Waals surface area contributed by atoms with Gasteiger partial charge in [-0.15, -0.1) is 0 Å². The summed E-state index contributed by atoms with van der Waals surface area (Å²) in [5.41, 5.74) is 3.29. The van der Waals surface area contributed by atoms with Crippen LogP contribution in [0.1, 0.15) is 37.6 Å². The van der Waals surface area contributed by atoms with Crippen LogP contribution in [0.4, 0.5) is 17.1 Å². The molecule has 2 amide bonds. The average molecular weight is 439 g/mol. The summed E-state index contributed by atoms with van der Waals surface area (Å²) in [7, 11) is 1.69. The lowest BCUT2D eigenvalue weighted by molar-refractivity contribution is -0.115. The Bertz CT molecular complexity index is 935. The SMILES string of the molecule is CCC(=O)Nc1ccc(N2CCN(c3ccccc3OC)CC2)c(C(=O)N(CC)CC)c1. The Morgan fingerprint density at radius 3 is 2.16 bits per heavy atom. The zero-order chi connectivity index (χ0) is 23.1. The molecule has 0 spiro atoms. The minimum atomic E-state index is -0.0654. The maximum atomic E-state index is 13.3. The number of para-hydroxylation sites is 2. The Morgan fingerprint density at radius 2 is 1.56 bits per heavy atom. The number of methoxy groups -OCH3 is 1. The Balaban J connectivity index is 1.85. The van der Waals surface area contributed by atoms with Crippen molar-refractivity contribution in [3.63, 3.8) is 0 Å². The van der Waals surface area contributed by atoms with E-state index in [0.29, 0.717) is 30.8 Å². The Kier molecular flexibility index (Phi) is 7.98. The van der Waals surface area contributed by atoms with Crippen LogP contribution in [0.15, 0.2) is 42.5 Å². The van der Waals surface area contributed by atoms with Gasteiger partial charge in [-0.05, 0) is 44.2 Å². The van der Waals surface area contributed by atoms with Gasteiger partial charge in [-0.25, -0.2) is 0 Å². The van der Waals surface area contributed by atoms with E-state index in [0.717, 1.165) is 43.3 Å². The van der Waals surface area contributed by atoms with Gasteiger partial charge >= 0.3 is 0 Å². The first-order valence-corrected chi connectivity index (χ1v) is 11.4. The van der Waals surface area contributed by atoms with Crippen molar-refractivity contribution in [3.8, 4) is 5.75 Å². The van der Waals surface area contributed by atoms with Crippen LogP contribution in [0.5, 0.6) is 5.75 Å². The van der Waals surface area contributed by atoms with Crippen molar-refractivity contribution in [2.24, 2.45) is 0 Å². The molecule has 3 rings (SSSR count). The molecule has 0 aliphatic carbocycles. The molecule has 172 valence electrons. The van der Waals surface area contributed by atoms with E-state index < -0.39 is 0 Å². The van der Waals surface area contributed by atoms with Gasteiger partial charge in [-0.1, -0.05) is 19.1 Å². The number of nitrogens with one attached hydrogen (secondary N) is 1. The normalized spacial score (nSPS) is 13.6. The monoisotopic (exact) mass is 438 g/mol. The van der Waals surface area contributed by atoms with Crippen LogP contribution < -0.4 is 19.9 Å². The fraction of sp³-hybridized carbons (Fsp3) is 0.440. The van der Waals surface area contributed by atoms with Crippen LogP contribution in [0.25, 0.3) is 0 Å². The van der Waals surface area contributed by atoms with Gasteiger partial charge in [0, 0.05) is 57.1 Å². The molecule has 32 heavy (non-hydrogen) atoms. The zero-order valence-corrected chi connectivity index (χ0v) is 19.6. The first-order valence-electron chi connectivity index (χ1n) is 11.4. The molecule has 1 N–H and O–H groups in total. The highest BCUT2D eigenvalue weighted by molar-refractivity contribution is 6.02. The number of anilines is 3. The minimum Gasteiger partial charge on any atom is -0.495 e. The third kappa shape index (κ3) is 5.15. The Morgan fingerprint density at radius 1 is 0.938 bits per heavy atom. The summed E-state index contributed by atoms with van der Waals surface area (Å²) in [6.45, 7) is 10.3. The molecule has 2 aromatic carbocycles. The smallest absolute Gasteiger partial charge is 0.256 e. The summed E-state index contributed by atoms with van der Waals surface area (Å²) in [6, 6.07) is 13.7. The number of hydrogen-bond donors (Lipinski definition) is 1. The predicted octanol–water partition coefficient (Wildman–Crippen LogP) is 3.85. The number of amides is 2. The summed E-state index contributed by atoms with van der Waals surface area (Å²) < 4.78 is 5.53. The van der Waals surface area contributed by atoms with Gasteiger partial charge in [-0.2, -0.15) is 0 Å². The van der Waals surface area contributed by atoms with Crippen molar-refractivity contribution in [3.05, 3.63) is 48.0 Å². The maximum absolute atomic E-state index is 13.3. The van der Waals surface area contributed by atoms with E-state index in [1.54, 1.807) is 7.11 Å². The summed E-state index contributed by atoms with van der Waals surface area (Å²) in [5.74, 6) is 0.795. The molecule has 2 aromatic rings. The molecule has 0 saturated carbocycles. The van der Waals surface area contributed by atoms with Crippen molar-refractivity contribution >= 4 is 28.9 Å². The molecule has 1 fully saturated rings. The van der Waals surface area contributed by atoms with Crippen LogP contribution in [0, 0.1) is 0 Å². The van der Waals surface area contributed by atoms with Gasteiger partial charge in [-0.3, -0.25) is 9.59 Å². The number of hydrogen-bond acceptors (Lipinski definition) is 5. The first-order chi connectivity index (χ1) is 15.5. The Hall–Kier alpha value is -3.22. The van der Waals surface area contributed by atoms with Crippen molar-refractivity contribution in [1.82, 2.24) is 4.90 Å². The van der Waals surface area contributed by atoms with Crippen LogP contribution in [0.2, 0.25) is 0 Å². The van der Waals surface area contributed by atoms with E-state index in [4.69, 9.17) is 4.74 Å². The molecule has 0 unspecified atom stereocenters.